The molecule has 100 valence electrons. The first-order valence-electron chi connectivity index (χ1n) is 5.84. The summed E-state index contributed by atoms with van der Waals surface area (Å²) in [6.07, 6.45) is 0.0422. The monoisotopic (exact) mass is 252 g/mol. The van der Waals surface area contributed by atoms with E-state index in [0.29, 0.717) is 11.4 Å². The van der Waals surface area contributed by atoms with Crippen LogP contribution in [0.15, 0.2) is 18.2 Å². The highest BCUT2D eigenvalue weighted by molar-refractivity contribution is 5.79. The summed E-state index contributed by atoms with van der Waals surface area (Å²) in [7, 11) is 1.36. The first-order valence-corrected chi connectivity index (χ1v) is 5.84. The molecule has 0 fully saturated rings. The molecule has 0 spiro atoms. The zero-order valence-corrected chi connectivity index (χ0v) is 11.2. The maximum absolute atomic E-state index is 11.3. The number of esters is 1. The van der Waals surface area contributed by atoms with Crippen molar-refractivity contribution in [1.82, 2.24) is 0 Å². The highest BCUT2D eigenvalue weighted by Gasteiger charge is 2.13. The van der Waals surface area contributed by atoms with Crippen molar-refractivity contribution >= 4 is 17.3 Å². The van der Waals surface area contributed by atoms with Crippen LogP contribution >= 0.6 is 0 Å². The average molecular weight is 252 g/mol. The van der Waals surface area contributed by atoms with E-state index in [-0.39, 0.29) is 12.1 Å². The molecule has 1 aromatic rings. The van der Waals surface area contributed by atoms with Crippen LogP contribution in [-0.4, -0.2) is 25.2 Å². The third-order valence-electron chi connectivity index (χ3n) is 2.31. The molecule has 0 aliphatic carbocycles. The fourth-order valence-electron chi connectivity index (χ4n) is 1.47. The minimum atomic E-state index is -0.425. The van der Waals surface area contributed by atoms with E-state index in [1.54, 1.807) is 25.1 Å². The first kappa shape index (κ1) is 14.2. The van der Waals surface area contributed by atoms with E-state index in [1.807, 2.05) is 13.8 Å². The van der Waals surface area contributed by atoms with Crippen molar-refractivity contribution in [1.29, 1.82) is 0 Å². The van der Waals surface area contributed by atoms with Gasteiger partial charge < -0.3 is 20.5 Å². The number of nitrogens with one attached hydrogen (secondary N) is 1. The maximum atomic E-state index is 11.3. The fourth-order valence-corrected chi connectivity index (χ4v) is 1.47. The Labute approximate surface area is 107 Å². The molecule has 0 radical (unpaired) electrons. The van der Waals surface area contributed by atoms with Gasteiger partial charge in [0, 0.05) is 11.8 Å². The molecule has 1 aromatic carbocycles. The second kappa shape index (κ2) is 6.14. The minimum Gasteiger partial charge on any atom is -0.489 e. The molecule has 0 bridgehead atoms. The van der Waals surface area contributed by atoms with Crippen molar-refractivity contribution in [2.75, 3.05) is 18.2 Å². The number of hydrogen-bond acceptors (Lipinski definition) is 5. The van der Waals surface area contributed by atoms with E-state index in [4.69, 9.17) is 10.5 Å². The van der Waals surface area contributed by atoms with Crippen LogP contribution in [0, 0.1) is 0 Å². The third kappa shape index (κ3) is 3.84. The molecule has 0 aromatic heterocycles. The Kier molecular flexibility index (Phi) is 4.83. The number of carbonyl (C=O) groups is 1. The highest BCUT2D eigenvalue weighted by atomic mass is 16.5. The summed E-state index contributed by atoms with van der Waals surface area (Å²) in [5.41, 5.74) is 7.14. The molecule has 0 heterocycles. The van der Waals surface area contributed by atoms with Crippen molar-refractivity contribution in [2.24, 2.45) is 0 Å². The second-order valence-electron chi connectivity index (χ2n) is 4.31. The molecule has 0 amide bonds. The number of methoxy groups -OCH3 is 1. The Hall–Kier alpha value is -1.91. The van der Waals surface area contributed by atoms with Crippen LogP contribution in [-0.2, 0) is 9.53 Å². The van der Waals surface area contributed by atoms with Gasteiger partial charge in [0.25, 0.3) is 0 Å². The summed E-state index contributed by atoms with van der Waals surface area (Å²) in [6, 6.07) is 4.88. The Morgan fingerprint density at radius 3 is 2.56 bits per heavy atom. The average Bonchev–Trinajstić information content (AvgIpc) is 2.31. The van der Waals surface area contributed by atoms with E-state index in [0.717, 1.165) is 5.69 Å². The summed E-state index contributed by atoms with van der Waals surface area (Å²) in [5.74, 6) is 0.283. The lowest BCUT2D eigenvalue weighted by Gasteiger charge is -2.16. The largest absolute Gasteiger partial charge is 0.489 e. The van der Waals surface area contributed by atoms with E-state index in [1.165, 1.54) is 7.11 Å². The molecule has 0 aliphatic heterocycles. The molecule has 1 atom stereocenters. The molecule has 18 heavy (non-hydrogen) atoms. The van der Waals surface area contributed by atoms with E-state index in [9.17, 15) is 4.79 Å². The number of carbonyl (C=O) groups excluding carboxylic acids is 1. The molecule has 0 saturated carbocycles. The topological polar surface area (TPSA) is 73.6 Å². The van der Waals surface area contributed by atoms with Crippen molar-refractivity contribution in [3.8, 4) is 5.75 Å². The van der Waals surface area contributed by atoms with E-state index >= 15 is 0 Å². The number of ether oxygens (including phenoxy) is 2. The minimum absolute atomic E-state index is 0.0422. The molecule has 0 saturated heterocycles. The van der Waals surface area contributed by atoms with Gasteiger partial charge in [0.2, 0.25) is 0 Å². The Morgan fingerprint density at radius 2 is 2.00 bits per heavy atom. The number of nitrogens with two attached hydrogens (primary N) is 1. The number of hydrogen-bond donors (Lipinski definition) is 2. The standard InChI is InChI=1S/C13H20N2O3/c1-8(2)18-12-7-10(5-6-11(12)14)15-9(3)13(16)17-4/h5-9,15H,14H2,1-4H3. The van der Waals surface area contributed by atoms with Crippen molar-refractivity contribution in [3.05, 3.63) is 18.2 Å². The van der Waals surface area contributed by atoms with Crippen molar-refractivity contribution in [2.45, 2.75) is 32.9 Å². The summed E-state index contributed by atoms with van der Waals surface area (Å²) < 4.78 is 10.2. The summed E-state index contributed by atoms with van der Waals surface area (Å²) in [6.45, 7) is 5.58. The van der Waals surface area contributed by atoms with Crippen LogP contribution in [0.5, 0.6) is 5.75 Å². The smallest absolute Gasteiger partial charge is 0.327 e. The Balaban J connectivity index is 2.81. The van der Waals surface area contributed by atoms with E-state index in [2.05, 4.69) is 10.1 Å². The van der Waals surface area contributed by atoms with Crippen LogP contribution in [0.3, 0.4) is 0 Å². The van der Waals surface area contributed by atoms with Gasteiger partial charge in [-0.15, -0.1) is 0 Å². The van der Waals surface area contributed by atoms with Crippen LogP contribution in [0.2, 0.25) is 0 Å². The molecular weight excluding hydrogens is 232 g/mol. The van der Waals surface area contributed by atoms with Gasteiger partial charge in [-0.05, 0) is 32.9 Å². The first-order chi connectivity index (χ1) is 8.43. The van der Waals surface area contributed by atoms with Gasteiger partial charge in [-0.25, -0.2) is 4.79 Å². The fraction of sp³-hybridized carbons (Fsp3) is 0.462. The molecule has 5 heteroatoms. The molecule has 1 rings (SSSR count). The predicted octanol–water partition coefficient (Wildman–Crippen LogP) is 2.03. The predicted molar refractivity (Wildman–Crippen MR) is 71.7 cm³/mol. The van der Waals surface area contributed by atoms with Crippen LogP contribution in [0.1, 0.15) is 20.8 Å². The van der Waals surface area contributed by atoms with Gasteiger partial charge in [0.1, 0.15) is 11.8 Å². The normalized spacial score (nSPS) is 12.1. The van der Waals surface area contributed by atoms with Crippen molar-refractivity contribution in [3.63, 3.8) is 0 Å². The summed E-state index contributed by atoms with van der Waals surface area (Å²) in [5, 5.41) is 3.02. The lowest BCUT2D eigenvalue weighted by molar-refractivity contribution is -0.141. The highest BCUT2D eigenvalue weighted by Crippen LogP contribution is 2.26. The van der Waals surface area contributed by atoms with Crippen LogP contribution in [0.25, 0.3) is 0 Å². The molecule has 3 N–H and O–H groups in total. The maximum Gasteiger partial charge on any atom is 0.327 e. The van der Waals surface area contributed by atoms with Crippen molar-refractivity contribution < 1.29 is 14.3 Å². The quantitative estimate of drug-likeness (QED) is 0.619. The zero-order valence-electron chi connectivity index (χ0n) is 11.2. The molecule has 0 aliphatic rings. The second-order valence-corrected chi connectivity index (χ2v) is 4.31. The Morgan fingerprint density at radius 1 is 1.33 bits per heavy atom. The number of benzene rings is 1. The third-order valence-corrected chi connectivity index (χ3v) is 2.31. The number of nitrogen functional groups attached to an aromatic ring is 1. The molecular formula is C13H20N2O3. The van der Waals surface area contributed by atoms with Gasteiger partial charge in [-0.1, -0.05) is 0 Å². The summed E-state index contributed by atoms with van der Waals surface area (Å²) in [4.78, 5) is 11.3. The van der Waals surface area contributed by atoms with Gasteiger partial charge in [0.05, 0.1) is 18.9 Å². The lowest BCUT2D eigenvalue weighted by atomic mass is 10.2. The molecule has 5 nitrogen and oxygen atoms in total. The van der Waals surface area contributed by atoms with Gasteiger partial charge in [-0.2, -0.15) is 0 Å². The zero-order chi connectivity index (χ0) is 13.7. The van der Waals surface area contributed by atoms with E-state index < -0.39 is 6.04 Å². The lowest BCUT2D eigenvalue weighted by Crippen LogP contribution is -2.27. The SMILES string of the molecule is COC(=O)C(C)Nc1ccc(N)c(OC(C)C)c1. The Bertz CT molecular complexity index is 419. The van der Waals surface area contributed by atoms with Gasteiger partial charge in [-0.3, -0.25) is 0 Å². The number of rotatable bonds is 5. The van der Waals surface area contributed by atoms with Crippen LogP contribution < -0.4 is 15.8 Å². The van der Waals surface area contributed by atoms with Gasteiger partial charge in [0.15, 0.2) is 0 Å². The van der Waals surface area contributed by atoms with Gasteiger partial charge >= 0.3 is 5.97 Å². The molecule has 1 unspecified atom stereocenters. The summed E-state index contributed by atoms with van der Waals surface area (Å²) >= 11 is 0. The number of anilines is 2. The van der Waals surface area contributed by atoms with Crippen LogP contribution in [0.4, 0.5) is 11.4 Å².